The summed E-state index contributed by atoms with van der Waals surface area (Å²) in [5.41, 5.74) is 1.01. The van der Waals surface area contributed by atoms with E-state index >= 15 is 0 Å². The van der Waals surface area contributed by atoms with E-state index in [2.05, 4.69) is 0 Å². The highest BCUT2D eigenvalue weighted by molar-refractivity contribution is 5.41. The van der Waals surface area contributed by atoms with E-state index in [-0.39, 0.29) is 16.5 Å². The van der Waals surface area contributed by atoms with Gasteiger partial charge in [0.05, 0.1) is 4.92 Å². The van der Waals surface area contributed by atoms with Gasteiger partial charge in [0.25, 0.3) is 5.69 Å². The molecule has 3 heteroatoms. The highest BCUT2D eigenvalue weighted by atomic mass is 16.6. The number of nitrogens with zero attached hydrogens (tertiary/aromatic N) is 1. The van der Waals surface area contributed by atoms with Gasteiger partial charge >= 0.3 is 0 Å². The van der Waals surface area contributed by atoms with E-state index in [0.29, 0.717) is 0 Å². The molecule has 0 heterocycles. The van der Waals surface area contributed by atoms with Crippen LogP contribution in [0.1, 0.15) is 25.3 Å². The number of nitro groups is 1. The first-order chi connectivity index (χ1) is 5.63. The van der Waals surface area contributed by atoms with Gasteiger partial charge in [-0.2, -0.15) is 0 Å². The van der Waals surface area contributed by atoms with Crippen LogP contribution in [-0.2, 0) is 0 Å². The Bertz CT molecular complexity index is 294. The fraction of sp³-hybridized carbons (Fsp3) is 0.333. The van der Waals surface area contributed by atoms with E-state index < -0.39 is 0 Å². The Hall–Kier alpha value is -1.38. The van der Waals surface area contributed by atoms with Gasteiger partial charge in [0.15, 0.2) is 0 Å². The molecule has 0 N–H and O–H groups in total. The number of benzene rings is 1. The van der Waals surface area contributed by atoms with E-state index in [1.54, 1.807) is 12.1 Å². The minimum atomic E-state index is -0.338. The second-order valence-electron chi connectivity index (χ2n) is 2.97. The number of rotatable bonds is 2. The predicted octanol–water partition coefficient (Wildman–Crippen LogP) is 2.72. The number of hydrogen-bond acceptors (Lipinski definition) is 2. The molecule has 1 rings (SSSR count). The molecule has 0 bridgehead atoms. The zero-order valence-electron chi connectivity index (χ0n) is 7.15. The van der Waals surface area contributed by atoms with Crippen LogP contribution in [0.5, 0.6) is 0 Å². The van der Waals surface area contributed by atoms with Crippen molar-refractivity contribution in [2.45, 2.75) is 19.8 Å². The summed E-state index contributed by atoms with van der Waals surface area (Å²) in [5.74, 6) is 0.201. The summed E-state index contributed by atoms with van der Waals surface area (Å²) in [6.07, 6.45) is 0. The van der Waals surface area contributed by atoms with Crippen LogP contribution in [0.2, 0.25) is 0 Å². The monoisotopic (exact) mass is 165 g/mol. The van der Waals surface area contributed by atoms with Crippen LogP contribution in [0.25, 0.3) is 0 Å². The normalized spacial score (nSPS) is 10.2. The molecule has 0 aromatic heterocycles. The van der Waals surface area contributed by atoms with E-state index in [4.69, 9.17) is 0 Å². The van der Waals surface area contributed by atoms with Crippen molar-refractivity contribution >= 4 is 5.69 Å². The summed E-state index contributed by atoms with van der Waals surface area (Å²) in [7, 11) is 0. The second-order valence-corrected chi connectivity index (χ2v) is 2.97. The SMILES string of the molecule is CC(C)c1ccccc1[N+](=O)[O-]. The third-order valence-electron chi connectivity index (χ3n) is 1.76. The molecule has 0 aliphatic heterocycles. The lowest BCUT2D eigenvalue weighted by Crippen LogP contribution is -1.96. The molecule has 1 aromatic carbocycles. The van der Waals surface area contributed by atoms with E-state index in [1.807, 2.05) is 19.9 Å². The first kappa shape index (κ1) is 8.71. The molecule has 0 saturated carbocycles. The zero-order chi connectivity index (χ0) is 9.14. The molecule has 0 aliphatic carbocycles. The molecular weight excluding hydrogens is 154 g/mol. The minimum Gasteiger partial charge on any atom is -0.258 e. The number of para-hydroxylation sites is 1. The van der Waals surface area contributed by atoms with E-state index in [1.165, 1.54) is 6.07 Å². The molecule has 1 aromatic rings. The van der Waals surface area contributed by atoms with Crippen LogP contribution in [-0.4, -0.2) is 4.92 Å². The van der Waals surface area contributed by atoms with Gasteiger partial charge in [0.1, 0.15) is 0 Å². The van der Waals surface area contributed by atoms with Gasteiger partial charge in [0.2, 0.25) is 0 Å². The van der Waals surface area contributed by atoms with Gasteiger partial charge in [-0.15, -0.1) is 0 Å². The maximum atomic E-state index is 10.5. The molecule has 3 nitrogen and oxygen atoms in total. The smallest absolute Gasteiger partial charge is 0.258 e. The summed E-state index contributed by atoms with van der Waals surface area (Å²) in [5, 5.41) is 10.5. The van der Waals surface area contributed by atoms with Gasteiger partial charge in [0, 0.05) is 11.6 Å². The fourth-order valence-electron chi connectivity index (χ4n) is 1.14. The van der Waals surface area contributed by atoms with Crippen LogP contribution in [0.4, 0.5) is 5.69 Å². The molecule has 0 spiro atoms. The predicted molar refractivity (Wildman–Crippen MR) is 47.2 cm³/mol. The minimum absolute atomic E-state index is 0.201. The van der Waals surface area contributed by atoms with Gasteiger partial charge in [-0.3, -0.25) is 10.1 Å². The fourth-order valence-corrected chi connectivity index (χ4v) is 1.14. The molecule has 12 heavy (non-hydrogen) atoms. The van der Waals surface area contributed by atoms with Gasteiger partial charge in [-0.25, -0.2) is 0 Å². The quantitative estimate of drug-likeness (QED) is 0.499. The Morgan fingerprint density at radius 3 is 2.33 bits per heavy atom. The molecular formula is C9H11NO2. The van der Waals surface area contributed by atoms with Crippen molar-refractivity contribution in [3.05, 3.63) is 39.9 Å². The maximum Gasteiger partial charge on any atom is 0.272 e. The largest absolute Gasteiger partial charge is 0.272 e. The van der Waals surface area contributed by atoms with E-state index in [0.717, 1.165) is 5.56 Å². The van der Waals surface area contributed by atoms with Crippen LogP contribution in [0, 0.1) is 10.1 Å². The molecule has 0 radical (unpaired) electrons. The molecule has 0 aliphatic rings. The lowest BCUT2D eigenvalue weighted by Gasteiger charge is -2.04. The molecule has 0 fully saturated rings. The molecule has 0 atom stereocenters. The highest BCUT2D eigenvalue weighted by Crippen LogP contribution is 2.24. The molecule has 64 valence electrons. The van der Waals surface area contributed by atoms with Crippen LogP contribution in [0.15, 0.2) is 24.3 Å². The third kappa shape index (κ3) is 1.61. The summed E-state index contributed by atoms with van der Waals surface area (Å²) in [6, 6.07) is 6.84. The Labute approximate surface area is 71.2 Å². The van der Waals surface area contributed by atoms with Crippen molar-refractivity contribution in [3.63, 3.8) is 0 Å². The van der Waals surface area contributed by atoms with Crippen LogP contribution >= 0.6 is 0 Å². The summed E-state index contributed by atoms with van der Waals surface area (Å²) in [6.45, 7) is 3.89. The number of hydrogen-bond donors (Lipinski definition) is 0. The first-order valence-corrected chi connectivity index (χ1v) is 3.86. The van der Waals surface area contributed by atoms with Crippen molar-refractivity contribution in [1.29, 1.82) is 0 Å². The third-order valence-corrected chi connectivity index (χ3v) is 1.76. The van der Waals surface area contributed by atoms with Gasteiger partial charge in [-0.1, -0.05) is 32.0 Å². The summed E-state index contributed by atoms with van der Waals surface area (Å²) in [4.78, 5) is 10.2. The van der Waals surface area contributed by atoms with Gasteiger partial charge in [-0.05, 0) is 5.92 Å². The highest BCUT2D eigenvalue weighted by Gasteiger charge is 2.13. The average Bonchev–Trinajstić information content (AvgIpc) is 2.04. The first-order valence-electron chi connectivity index (χ1n) is 3.86. The van der Waals surface area contributed by atoms with Crippen LogP contribution in [0.3, 0.4) is 0 Å². The van der Waals surface area contributed by atoms with Crippen molar-refractivity contribution in [3.8, 4) is 0 Å². The zero-order valence-corrected chi connectivity index (χ0v) is 7.15. The van der Waals surface area contributed by atoms with Crippen molar-refractivity contribution in [2.24, 2.45) is 0 Å². The topological polar surface area (TPSA) is 43.1 Å². The molecule has 0 unspecified atom stereocenters. The number of nitro benzene ring substituents is 1. The Morgan fingerprint density at radius 1 is 1.33 bits per heavy atom. The molecule has 0 saturated heterocycles. The van der Waals surface area contributed by atoms with Gasteiger partial charge < -0.3 is 0 Å². The maximum absolute atomic E-state index is 10.5. The summed E-state index contributed by atoms with van der Waals surface area (Å²) < 4.78 is 0. The van der Waals surface area contributed by atoms with Crippen LogP contribution < -0.4 is 0 Å². The van der Waals surface area contributed by atoms with Crippen molar-refractivity contribution in [1.82, 2.24) is 0 Å². The molecule has 0 amide bonds. The Morgan fingerprint density at radius 2 is 1.92 bits per heavy atom. The lowest BCUT2D eigenvalue weighted by atomic mass is 10.0. The standard InChI is InChI=1S/C9H11NO2/c1-7(2)8-5-3-4-6-9(8)10(11)12/h3-7H,1-2H3. The van der Waals surface area contributed by atoms with Crippen molar-refractivity contribution in [2.75, 3.05) is 0 Å². The van der Waals surface area contributed by atoms with Crippen molar-refractivity contribution < 1.29 is 4.92 Å². The van der Waals surface area contributed by atoms with E-state index in [9.17, 15) is 10.1 Å². The Balaban J connectivity index is 3.17. The second kappa shape index (κ2) is 3.34. The Kier molecular flexibility index (Phi) is 2.43. The lowest BCUT2D eigenvalue weighted by molar-refractivity contribution is -0.385. The average molecular weight is 165 g/mol. The summed E-state index contributed by atoms with van der Waals surface area (Å²) >= 11 is 0.